The van der Waals surface area contributed by atoms with Gasteiger partial charge in [-0.25, -0.2) is 0 Å². The van der Waals surface area contributed by atoms with Crippen molar-refractivity contribution in [2.45, 2.75) is 25.2 Å². The first kappa shape index (κ1) is 17.6. The van der Waals surface area contributed by atoms with Crippen LogP contribution in [-0.2, 0) is 10.1 Å². The molecule has 1 aromatic carbocycles. The summed E-state index contributed by atoms with van der Waals surface area (Å²) < 4.78 is 29.6. The van der Waals surface area contributed by atoms with Gasteiger partial charge in [-0.2, -0.15) is 8.42 Å². The maximum Gasteiger partial charge on any atom is 0.294 e. The molecule has 5 heteroatoms. The highest BCUT2D eigenvalue weighted by Gasteiger charge is 2.06. The molecule has 106 valence electrons. The highest BCUT2D eigenvalue weighted by molar-refractivity contribution is 7.85. The minimum atomic E-state index is -4.02. The van der Waals surface area contributed by atoms with Gasteiger partial charge in [0.25, 0.3) is 10.1 Å². The van der Waals surface area contributed by atoms with Gasteiger partial charge in [0.05, 0.1) is 4.90 Å². The lowest BCUT2D eigenvalue weighted by atomic mass is 10.2. The van der Waals surface area contributed by atoms with Crippen molar-refractivity contribution >= 4 is 10.1 Å². The van der Waals surface area contributed by atoms with E-state index in [9.17, 15) is 8.42 Å². The van der Waals surface area contributed by atoms with Crippen LogP contribution >= 0.6 is 0 Å². The van der Waals surface area contributed by atoms with Crippen molar-refractivity contribution in [1.29, 1.82) is 0 Å². The Labute approximate surface area is 114 Å². The van der Waals surface area contributed by atoms with E-state index < -0.39 is 10.1 Å². The smallest absolute Gasteiger partial charge is 0.294 e. The van der Waals surface area contributed by atoms with Crippen LogP contribution in [0.25, 0.3) is 0 Å². The molecular formula is C14H20O4S. The summed E-state index contributed by atoms with van der Waals surface area (Å²) in [4.78, 5) is -0.0666. The number of aliphatic hydroxyl groups is 1. The fraction of sp³-hybridized carbons (Fsp3) is 0.286. The molecule has 1 rings (SSSR count). The van der Waals surface area contributed by atoms with Crippen molar-refractivity contribution in [1.82, 2.24) is 0 Å². The minimum Gasteiger partial charge on any atom is -0.396 e. The van der Waals surface area contributed by atoms with Crippen LogP contribution in [0.5, 0.6) is 0 Å². The Morgan fingerprint density at radius 3 is 2.21 bits per heavy atom. The molecule has 0 aliphatic heterocycles. The SMILES string of the molecule is C=CC(C)=CCCO.Cc1ccc(S(=O)(=O)O)cc1. The maximum atomic E-state index is 10.5. The molecule has 0 aromatic heterocycles. The third-order valence-electron chi connectivity index (χ3n) is 2.24. The molecule has 0 saturated heterocycles. The number of aliphatic hydroxyl groups excluding tert-OH is 1. The van der Waals surface area contributed by atoms with Gasteiger partial charge in [0, 0.05) is 6.61 Å². The maximum absolute atomic E-state index is 10.5. The van der Waals surface area contributed by atoms with Crippen LogP contribution < -0.4 is 0 Å². The topological polar surface area (TPSA) is 74.6 Å². The van der Waals surface area contributed by atoms with Crippen LogP contribution in [-0.4, -0.2) is 24.7 Å². The lowest BCUT2D eigenvalue weighted by molar-refractivity contribution is 0.302. The molecule has 0 spiro atoms. The number of benzene rings is 1. The fourth-order valence-corrected chi connectivity index (χ4v) is 1.57. The van der Waals surface area contributed by atoms with E-state index in [0.29, 0.717) is 0 Å². The normalized spacial score (nSPS) is 11.5. The van der Waals surface area contributed by atoms with Crippen LogP contribution in [0, 0.1) is 6.92 Å². The molecule has 0 heterocycles. The van der Waals surface area contributed by atoms with Crippen LogP contribution in [0.1, 0.15) is 18.9 Å². The summed E-state index contributed by atoms with van der Waals surface area (Å²) >= 11 is 0. The Hall–Kier alpha value is -1.43. The van der Waals surface area contributed by atoms with E-state index in [1.54, 1.807) is 18.2 Å². The summed E-state index contributed by atoms with van der Waals surface area (Å²) in [5.74, 6) is 0. The van der Waals surface area contributed by atoms with E-state index in [-0.39, 0.29) is 11.5 Å². The molecule has 0 aliphatic carbocycles. The van der Waals surface area contributed by atoms with E-state index >= 15 is 0 Å². The van der Waals surface area contributed by atoms with Gasteiger partial charge in [0.15, 0.2) is 0 Å². The van der Waals surface area contributed by atoms with E-state index in [4.69, 9.17) is 9.66 Å². The zero-order chi connectivity index (χ0) is 14.9. The predicted molar refractivity (Wildman–Crippen MR) is 76.7 cm³/mol. The Morgan fingerprint density at radius 2 is 1.84 bits per heavy atom. The van der Waals surface area contributed by atoms with E-state index in [2.05, 4.69) is 6.58 Å². The largest absolute Gasteiger partial charge is 0.396 e. The summed E-state index contributed by atoms with van der Waals surface area (Å²) in [6, 6.07) is 5.99. The van der Waals surface area contributed by atoms with Crippen LogP contribution in [0.3, 0.4) is 0 Å². The van der Waals surface area contributed by atoms with Crippen molar-refractivity contribution in [3.63, 3.8) is 0 Å². The molecule has 0 fully saturated rings. The summed E-state index contributed by atoms with van der Waals surface area (Å²) in [7, 11) is -4.02. The molecule has 0 amide bonds. The molecular weight excluding hydrogens is 264 g/mol. The van der Waals surface area contributed by atoms with Crippen molar-refractivity contribution in [2.75, 3.05) is 6.61 Å². The molecule has 0 aliphatic rings. The fourth-order valence-electron chi connectivity index (χ4n) is 1.09. The van der Waals surface area contributed by atoms with E-state index in [1.807, 2.05) is 19.9 Å². The van der Waals surface area contributed by atoms with Gasteiger partial charge in [0.1, 0.15) is 0 Å². The van der Waals surface area contributed by atoms with Crippen molar-refractivity contribution < 1.29 is 18.1 Å². The van der Waals surface area contributed by atoms with Gasteiger partial charge >= 0.3 is 0 Å². The zero-order valence-corrected chi connectivity index (χ0v) is 12.0. The third kappa shape index (κ3) is 8.31. The quantitative estimate of drug-likeness (QED) is 0.658. The van der Waals surface area contributed by atoms with Crippen molar-refractivity contribution in [3.05, 3.63) is 54.1 Å². The first-order valence-corrected chi connectivity index (χ1v) is 7.19. The van der Waals surface area contributed by atoms with Crippen molar-refractivity contribution in [3.8, 4) is 0 Å². The van der Waals surface area contributed by atoms with Crippen molar-refractivity contribution in [2.24, 2.45) is 0 Å². The molecule has 0 bridgehead atoms. The Kier molecular flexibility index (Phi) is 7.98. The molecule has 0 unspecified atom stereocenters. The molecule has 0 radical (unpaired) electrons. The van der Waals surface area contributed by atoms with Gasteiger partial charge in [-0.05, 0) is 32.4 Å². The highest BCUT2D eigenvalue weighted by Crippen LogP contribution is 2.08. The standard InChI is InChI=1S/C7H8O3S.C7H12O/c1-6-2-4-7(5-3-6)11(8,9)10;1-3-7(2)5-4-6-8/h2-5H,1H3,(H,8,9,10);3,5,8H,1,4,6H2,2H3. The first-order valence-electron chi connectivity index (χ1n) is 5.75. The lowest BCUT2D eigenvalue weighted by Gasteiger charge is -1.95. The predicted octanol–water partition coefficient (Wildman–Crippen LogP) is 2.74. The molecule has 2 N–H and O–H groups in total. The molecule has 19 heavy (non-hydrogen) atoms. The third-order valence-corrected chi connectivity index (χ3v) is 3.10. The molecule has 4 nitrogen and oxygen atoms in total. The van der Waals surface area contributed by atoms with Crippen LogP contribution in [0.15, 0.2) is 53.5 Å². The summed E-state index contributed by atoms with van der Waals surface area (Å²) in [5, 5.41) is 8.33. The summed E-state index contributed by atoms with van der Waals surface area (Å²) in [5.41, 5.74) is 2.08. The monoisotopic (exact) mass is 284 g/mol. The second-order valence-electron chi connectivity index (χ2n) is 3.95. The molecule has 0 saturated carbocycles. The van der Waals surface area contributed by atoms with Gasteiger partial charge in [-0.3, -0.25) is 4.55 Å². The Balaban J connectivity index is 0.000000362. The summed E-state index contributed by atoms with van der Waals surface area (Å²) in [6.45, 7) is 7.59. The second-order valence-corrected chi connectivity index (χ2v) is 5.37. The average Bonchev–Trinajstić information content (AvgIpc) is 2.36. The first-order chi connectivity index (χ1) is 8.81. The van der Waals surface area contributed by atoms with E-state index in [1.165, 1.54) is 12.1 Å². The number of rotatable bonds is 4. The Bertz CT molecular complexity index is 513. The van der Waals surface area contributed by atoms with Crippen LogP contribution in [0.4, 0.5) is 0 Å². The number of hydrogen-bond donors (Lipinski definition) is 2. The molecule has 0 atom stereocenters. The minimum absolute atomic E-state index is 0.0666. The average molecular weight is 284 g/mol. The lowest BCUT2D eigenvalue weighted by Crippen LogP contribution is -1.96. The number of aryl methyl sites for hydroxylation is 1. The van der Waals surface area contributed by atoms with Crippen LogP contribution in [0.2, 0.25) is 0 Å². The van der Waals surface area contributed by atoms with E-state index in [0.717, 1.165) is 17.6 Å². The number of allylic oxidation sites excluding steroid dienone is 2. The summed E-state index contributed by atoms with van der Waals surface area (Å²) in [6.07, 6.45) is 4.46. The van der Waals surface area contributed by atoms with Gasteiger partial charge in [-0.1, -0.05) is 42.0 Å². The Morgan fingerprint density at radius 1 is 1.32 bits per heavy atom. The zero-order valence-electron chi connectivity index (χ0n) is 11.2. The highest BCUT2D eigenvalue weighted by atomic mass is 32.2. The van der Waals surface area contributed by atoms with Gasteiger partial charge in [0.2, 0.25) is 0 Å². The van der Waals surface area contributed by atoms with Gasteiger partial charge < -0.3 is 5.11 Å². The van der Waals surface area contributed by atoms with Gasteiger partial charge in [-0.15, -0.1) is 0 Å². The second kappa shape index (κ2) is 8.63. The number of hydrogen-bond acceptors (Lipinski definition) is 3. The molecule has 1 aromatic rings.